The van der Waals surface area contributed by atoms with Gasteiger partial charge in [-0.25, -0.2) is 9.37 Å². The van der Waals surface area contributed by atoms with Crippen LogP contribution in [0.2, 0.25) is 10.0 Å². The molecule has 1 aromatic carbocycles. The number of hydrogen-bond acceptors (Lipinski definition) is 2. The Morgan fingerprint density at radius 2 is 1.95 bits per heavy atom. The molecule has 0 aliphatic carbocycles. The Bertz CT molecular complexity index is 695. The molecule has 0 fully saturated rings. The van der Waals surface area contributed by atoms with Gasteiger partial charge in [0.15, 0.2) is 0 Å². The molecule has 0 aliphatic rings. The molecule has 0 saturated carbocycles. The second-order valence-corrected chi connectivity index (χ2v) is 5.16. The first kappa shape index (κ1) is 15.7. The Morgan fingerprint density at radius 1 is 1.24 bits per heavy atom. The van der Waals surface area contributed by atoms with Crippen molar-refractivity contribution in [1.82, 2.24) is 10.3 Å². The summed E-state index contributed by atoms with van der Waals surface area (Å²) in [7, 11) is 0. The third-order valence-corrected chi connectivity index (χ3v) is 3.46. The summed E-state index contributed by atoms with van der Waals surface area (Å²) in [5, 5.41) is 2.73. The van der Waals surface area contributed by atoms with Crippen molar-refractivity contribution >= 4 is 29.1 Å². The van der Waals surface area contributed by atoms with Crippen LogP contribution in [0.3, 0.4) is 0 Å². The average Bonchev–Trinajstić information content (AvgIpc) is 2.42. The summed E-state index contributed by atoms with van der Waals surface area (Å²) in [6, 6.07) is 4.22. The average molecular weight is 331 g/mol. The number of pyridine rings is 1. The second-order valence-electron chi connectivity index (χ2n) is 4.35. The van der Waals surface area contributed by atoms with Crippen molar-refractivity contribution in [2.75, 3.05) is 0 Å². The fourth-order valence-corrected chi connectivity index (χ4v) is 2.32. The lowest BCUT2D eigenvalue weighted by Gasteiger charge is -2.16. The standard InChI is InChI=1S/C14H10Cl2F2N2O/c1-7(9-5-12(17)11(16)6-10(9)15)20-14(21)8-2-3-19-13(18)4-8/h2-7H,1H3,(H,20,21). The number of aromatic nitrogens is 1. The smallest absolute Gasteiger partial charge is 0.251 e. The van der Waals surface area contributed by atoms with E-state index in [-0.39, 0.29) is 15.6 Å². The fraction of sp³-hybridized carbons (Fsp3) is 0.143. The van der Waals surface area contributed by atoms with Gasteiger partial charge in [0.05, 0.1) is 11.1 Å². The van der Waals surface area contributed by atoms with Gasteiger partial charge in [-0.2, -0.15) is 4.39 Å². The highest BCUT2D eigenvalue weighted by atomic mass is 35.5. The first-order chi connectivity index (χ1) is 9.88. The molecule has 2 aromatic rings. The highest BCUT2D eigenvalue weighted by Gasteiger charge is 2.16. The molecule has 0 aliphatic heterocycles. The molecular weight excluding hydrogens is 321 g/mol. The Morgan fingerprint density at radius 3 is 2.62 bits per heavy atom. The van der Waals surface area contributed by atoms with E-state index in [1.807, 2.05) is 0 Å². The molecule has 1 unspecified atom stereocenters. The van der Waals surface area contributed by atoms with Crippen molar-refractivity contribution in [2.24, 2.45) is 0 Å². The van der Waals surface area contributed by atoms with E-state index in [0.29, 0.717) is 5.56 Å². The molecule has 1 aromatic heterocycles. The molecular formula is C14H10Cl2F2N2O. The van der Waals surface area contributed by atoms with Crippen LogP contribution in [0.25, 0.3) is 0 Å². The van der Waals surface area contributed by atoms with E-state index in [1.165, 1.54) is 18.3 Å². The Hall–Kier alpha value is -1.72. The fourth-order valence-electron chi connectivity index (χ4n) is 1.77. The third kappa shape index (κ3) is 3.68. The molecule has 1 heterocycles. The zero-order valence-electron chi connectivity index (χ0n) is 10.8. The summed E-state index contributed by atoms with van der Waals surface area (Å²) < 4.78 is 26.4. The molecule has 0 radical (unpaired) electrons. The maximum absolute atomic E-state index is 13.5. The van der Waals surface area contributed by atoms with Gasteiger partial charge < -0.3 is 5.32 Å². The molecule has 1 atom stereocenters. The van der Waals surface area contributed by atoms with Gasteiger partial charge in [-0.3, -0.25) is 4.79 Å². The number of rotatable bonds is 3. The van der Waals surface area contributed by atoms with Crippen molar-refractivity contribution in [2.45, 2.75) is 13.0 Å². The monoisotopic (exact) mass is 330 g/mol. The van der Waals surface area contributed by atoms with E-state index in [1.54, 1.807) is 6.92 Å². The normalized spacial score (nSPS) is 12.0. The summed E-state index contributed by atoms with van der Waals surface area (Å²) in [5.74, 6) is -1.91. The highest BCUT2D eigenvalue weighted by molar-refractivity contribution is 6.35. The molecule has 110 valence electrons. The van der Waals surface area contributed by atoms with Gasteiger partial charge >= 0.3 is 0 Å². The second kappa shape index (κ2) is 6.37. The van der Waals surface area contributed by atoms with Crippen molar-refractivity contribution in [3.63, 3.8) is 0 Å². The van der Waals surface area contributed by atoms with Crippen LogP contribution >= 0.6 is 23.2 Å². The summed E-state index contributed by atoms with van der Waals surface area (Å²) >= 11 is 11.6. The predicted octanol–water partition coefficient (Wildman–Crippen LogP) is 4.16. The third-order valence-electron chi connectivity index (χ3n) is 2.84. The van der Waals surface area contributed by atoms with Gasteiger partial charge in [-0.1, -0.05) is 23.2 Å². The van der Waals surface area contributed by atoms with Gasteiger partial charge in [0.2, 0.25) is 5.95 Å². The maximum Gasteiger partial charge on any atom is 0.251 e. The van der Waals surface area contributed by atoms with Crippen LogP contribution in [0.15, 0.2) is 30.5 Å². The van der Waals surface area contributed by atoms with E-state index in [0.717, 1.165) is 12.1 Å². The van der Waals surface area contributed by atoms with Crippen molar-refractivity contribution in [3.05, 3.63) is 63.4 Å². The highest BCUT2D eigenvalue weighted by Crippen LogP contribution is 2.28. The van der Waals surface area contributed by atoms with Gasteiger partial charge in [0.25, 0.3) is 5.91 Å². The SMILES string of the molecule is CC(NC(=O)c1ccnc(F)c1)c1cc(F)c(Cl)cc1Cl. The Labute approximate surface area is 129 Å². The zero-order valence-corrected chi connectivity index (χ0v) is 12.3. The van der Waals surface area contributed by atoms with E-state index < -0.39 is 23.7 Å². The number of carbonyl (C=O) groups is 1. The number of benzene rings is 1. The van der Waals surface area contributed by atoms with E-state index >= 15 is 0 Å². The Kier molecular flexibility index (Phi) is 4.75. The van der Waals surface area contributed by atoms with Crippen molar-refractivity contribution in [3.8, 4) is 0 Å². The minimum absolute atomic E-state index is 0.0986. The molecule has 0 saturated heterocycles. The molecule has 0 spiro atoms. The van der Waals surface area contributed by atoms with Crippen molar-refractivity contribution in [1.29, 1.82) is 0 Å². The number of amides is 1. The molecule has 7 heteroatoms. The maximum atomic E-state index is 13.5. The first-order valence-corrected chi connectivity index (χ1v) is 6.71. The predicted molar refractivity (Wildman–Crippen MR) is 76.5 cm³/mol. The molecule has 21 heavy (non-hydrogen) atoms. The minimum atomic E-state index is -0.758. The topological polar surface area (TPSA) is 42.0 Å². The molecule has 1 N–H and O–H groups in total. The minimum Gasteiger partial charge on any atom is -0.345 e. The van der Waals surface area contributed by atoms with E-state index in [4.69, 9.17) is 23.2 Å². The summed E-state index contributed by atoms with van der Waals surface area (Å²) in [5.41, 5.74) is 0.487. The summed E-state index contributed by atoms with van der Waals surface area (Å²) in [6.45, 7) is 1.63. The Balaban J connectivity index is 2.20. The van der Waals surface area contributed by atoms with E-state index in [9.17, 15) is 13.6 Å². The molecule has 3 nitrogen and oxygen atoms in total. The number of nitrogens with zero attached hydrogens (tertiary/aromatic N) is 1. The van der Waals surface area contributed by atoms with Gasteiger partial charge in [-0.15, -0.1) is 0 Å². The van der Waals surface area contributed by atoms with Crippen molar-refractivity contribution < 1.29 is 13.6 Å². The number of hydrogen-bond donors (Lipinski definition) is 1. The van der Waals surface area contributed by atoms with Crippen LogP contribution in [0, 0.1) is 11.8 Å². The van der Waals surface area contributed by atoms with E-state index in [2.05, 4.69) is 10.3 Å². The molecule has 2 rings (SSSR count). The number of halogens is 4. The number of carbonyl (C=O) groups excluding carboxylic acids is 1. The lowest BCUT2D eigenvalue weighted by molar-refractivity contribution is 0.0939. The lowest BCUT2D eigenvalue weighted by Crippen LogP contribution is -2.27. The van der Waals surface area contributed by atoms with Crippen LogP contribution in [-0.4, -0.2) is 10.9 Å². The van der Waals surface area contributed by atoms with Crippen LogP contribution in [0.1, 0.15) is 28.9 Å². The van der Waals surface area contributed by atoms with Crippen LogP contribution in [0.5, 0.6) is 0 Å². The van der Waals surface area contributed by atoms with Crippen LogP contribution < -0.4 is 5.32 Å². The zero-order chi connectivity index (χ0) is 15.6. The van der Waals surface area contributed by atoms with Gasteiger partial charge in [-0.05, 0) is 30.7 Å². The number of nitrogens with one attached hydrogen (secondary N) is 1. The van der Waals surface area contributed by atoms with Gasteiger partial charge in [0.1, 0.15) is 5.82 Å². The largest absolute Gasteiger partial charge is 0.345 e. The molecule has 1 amide bonds. The molecule has 0 bridgehead atoms. The van der Waals surface area contributed by atoms with Crippen LogP contribution in [-0.2, 0) is 0 Å². The quantitative estimate of drug-likeness (QED) is 0.678. The van der Waals surface area contributed by atoms with Crippen LogP contribution in [0.4, 0.5) is 8.78 Å². The van der Waals surface area contributed by atoms with Gasteiger partial charge in [0, 0.05) is 22.8 Å². The lowest BCUT2D eigenvalue weighted by atomic mass is 10.1. The summed E-state index contributed by atoms with van der Waals surface area (Å²) in [6.07, 6.45) is 1.18. The first-order valence-electron chi connectivity index (χ1n) is 5.95. The summed E-state index contributed by atoms with van der Waals surface area (Å²) in [4.78, 5) is 15.3.